The second-order valence-corrected chi connectivity index (χ2v) is 4.62. The summed E-state index contributed by atoms with van der Waals surface area (Å²) in [6.07, 6.45) is -0.664. The van der Waals surface area contributed by atoms with Crippen LogP contribution in [-0.2, 0) is 9.53 Å². The van der Waals surface area contributed by atoms with Crippen molar-refractivity contribution in [3.8, 4) is 0 Å². The highest BCUT2D eigenvalue weighted by Gasteiger charge is 2.22. The molecule has 0 aliphatic heterocycles. The first-order valence-corrected chi connectivity index (χ1v) is 6.13. The summed E-state index contributed by atoms with van der Waals surface area (Å²) in [7, 11) is 0. The first kappa shape index (κ1) is 14.4. The molecule has 4 nitrogen and oxygen atoms in total. The highest BCUT2D eigenvalue weighted by molar-refractivity contribution is 9.10. The van der Waals surface area contributed by atoms with Gasteiger partial charge in [-0.2, -0.15) is 0 Å². The molecule has 1 rings (SSSR count). The molecule has 94 valence electrons. The molecule has 0 aliphatic carbocycles. The molecule has 0 fully saturated rings. The van der Waals surface area contributed by atoms with Crippen LogP contribution in [0.4, 0.5) is 0 Å². The Bertz CT molecular complexity index is 397. The lowest BCUT2D eigenvalue weighted by Gasteiger charge is -2.15. The molecular formula is C11H12BrClO4. The average Bonchev–Trinajstić information content (AvgIpc) is 2.25. The highest BCUT2D eigenvalue weighted by atomic mass is 79.9. The van der Waals surface area contributed by atoms with Crippen molar-refractivity contribution < 1.29 is 19.7 Å². The van der Waals surface area contributed by atoms with Gasteiger partial charge in [-0.05, 0) is 18.6 Å². The van der Waals surface area contributed by atoms with Gasteiger partial charge in [0.25, 0.3) is 0 Å². The molecule has 0 bridgehead atoms. The van der Waals surface area contributed by atoms with Crippen molar-refractivity contribution in [2.24, 2.45) is 0 Å². The minimum Gasteiger partial charge on any atom is -0.479 e. The zero-order chi connectivity index (χ0) is 12.8. The quantitative estimate of drug-likeness (QED) is 0.790. The Morgan fingerprint density at radius 3 is 2.76 bits per heavy atom. The molecule has 1 aromatic rings. The molecule has 1 aromatic carbocycles. The van der Waals surface area contributed by atoms with E-state index in [2.05, 4.69) is 15.9 Å². The van der Waals surface area contributed by atoms with Gasteiger partial charge in [0.1, 0.15) is 0 Å². The van der Waals surface area contributed by atoms with Crippen molar-refractivity contribution in [3.63, 3.8) is 0 Å². The van der Waals surface area contributed by atoms with Crippen molar-refractivity contribution in [3.05, 3.63) is 33.3 Å². The van der Waals surface area contributed by atoms with E-state index in [1.165, 1.54) is 0 Å². The number of halogens is 2. The summed E-state index contributed by atoms with van der Waals surface area (Å²) in [6.45, 7) is 0.149. The second-order valence-electron chi connectivity index (χ2n) is 3.33. The standard InChI is InChI=1S/C11H12BrClO4/c12-9-6-7(13)2-3-8(9)10(11(15)16)17-5-1-4-14/h2-3,6,10,14H,1,4-5H2,(H,15,16). The van der Waals surface area contributed by atoms with Crippen molar-refractivity contribution in [2.45, 2.75) is 12.5 Å². The maximum absolute atomic E-state index is 11.1. The topological polar surface area (TPSA) is 66.8 Å². The Kier molecular flexibility index (Phi) is 5.91. The molecule has 0 aromatic heterocycles. The SMILES string of the molecule is O=C(O)C(OCCCO)c1ccc(Cl)cc1Br. The van der Waals surface area contributed by atoms with E-state index < -0.39 is 12.1 Å². The van der Waals surface area contributed by atoms with Gasteiger partial charge in [0.15, 0.2) is 6.10 Å². The summed E-state index contributed by atoms with van der Waals surface area (Å²) in [4.78, 5) is 11.1. The van der Waals surface area contributed by atoms with Crippen LogP contribution in [-0.4, -0.2) is 29.4 Å². The average molecular weight is 324 g/mol. The predicted octanol–water partition coefficient (Wildman–Crippen LogP) is 2.63. The van der Waals surface area contributed by atoms with E-state index >= 15 is 0 Å². The number of aliphatic hydroxyl groups excluding tert-OH is 1. The van der Waals surface area contributed by atoms with Crippen molar-refractivity contribution in [1.29, 1.82) is 0 Å². The fourth-order valence-corrected chi connectivity index (χ4v) is 2.16. The van der Waals surface area contributed by atoms with Gasteiger partial charge in [0, 0.05) is 21.7 Å². The number of carbonyl (C=O) groups is 1. The molecule has 0 saturated carbocycles. The molecule has 1 atom stereocenters. The molecule has 6 heteroatoms. The first-order valence-electron chi connectivity index (χ1n) is 4.96. The molecule has 0 amide bonds. The fraction of sp³-hybridized carbons (Fsp3) is 0.364. The molecule has 0 spiro atoms. The van der Waals surface area contributed by atoms with Gasteiger partial charge in [0.05, 0.1) is 6.61 Å². The van der Waals surface area contributed by atoms with E-state index in [4.69, 9.17) is 26.6 Å². The van der Waals surface area contributed by atoms with Gasteiger partial charge < -0.3 is 14.9 Å². The summed E-state index contributed by atoms with van der Waals surface area (Å²) in [5.74, 6) is -1.08. The number of ether oxygens (including phenoxy) is 1. The third-order valence-electron chi connectivity index (χ3n) is 2.06. The largest absolute Gasteiger partial charge is 0.479 e. The molecular weight excluding hydrogens is 311 g/mol. The van der Waals surface area contributed by atoms with Gasteiger partial charge in [-0.3, -0.25) is 0 Å². The van der Waals surface area contributed by atoms with Crippen LogP contribution in [0.15, 0.2) is 22.7 Å². The zero-order valence-corrected chi connectivity index (χ0v) is 11.2. The molecule has 1 unspecified atom stereocenters. The van der Waals surface area contributed by atoms with Crippen molar-refractivity contribution in [1.82, 2.24) is 0 Å². The Morgan fingerprint density at radius 1 is 1.53 bits per heavy atom. The van der Waals surface area contributed by atoms with Crippen LogP contribution in [0.25, 0.3) is 0 Å². The van der Waals surface area contributed by atoms with E-state index in [1.807, 2.05) is 0 Å². The number of hydrogen-bond donors (Lipinski definition) is 2. The number of hydrogen-bond acceptors (Lipinski definition) is 3. The number of aliphatic hydroxyl groups is 1. The fourth-order valence-electron chi connectivity index (χ4n) is 1.27. The number of benzene rings is 1. The smallest absolute Gasteiger partial charge is 0.337 e. The van der Waals surface area contributed by atoms with E-state index in [-0.39, 0.29) is 13.2 Å². The van der Waals surface area contributed by atoms with Crippen molar-refractivity contribution in [2.75, 3.05) is 13.2 Å². The van der Waals surface area contributed by atoms with Gasteiger partial charge in [-0.15, -0.1) is 0 Å². The second kappa shape index (κ2) is 6.96. The Morgan fingerprint density at radius 2 is 2.24 bits per heavy atom. The minimum atomic E-state index is -1.08. The highest BCUT2D eigenvalue weighted by Crippen LogP contribution is 2.29. The maximum Gasteiger partial charge on any atom is 0.337 e. The van der Waals surface area contributed by atoms with Crippen molar-refractivity contribution >= 4 is 33.5 Å². The Balaban J connectivity index is 2.86. The van der Waals surface area contributed by atoms with E-state index in [0.717, 1.165) is 0 Å². The molecule has 17 heavy (non-hydrogen) atoms. The Labute approximate surface area is 112 Å². The van der Waals surface area contributed by atoms with Crippen LogP contribution >= 0.6 is 27.5 Å². The lowest BCUT2D eigenvalue weighted by atomic mass is 10.1. The maximum atomic E-state index is 11.1. The monoisotopic (exact) mass is 322 g/mol. The number of aliphatic carboxylic acids is 1. The van der Waals surface area contributed by atoms with E-state index in [9.17, 15) is 4.79 Å². The molecule has 0 saturated heterocycles. The molecule has 2 N–H and O–H groups in total. The zero-order valence-electron chi connectivity index (χ0n) is 8.90. The number of rotatable bonds is 6. The van der Waals surface area contributed by atoms with Crippen LogP contribution in [0, 0.1) is 0 Å². The number of carboxylic acids is 1. The third kappa shape index (κ3) is 4.27. The molecule has 0 radical (unpaired) electrons. The lowest BCUT2D eigenvalue weighted by Crippen LogP contribution is -2.17. The lowest BCUT2D eigenvalue weighted by molar-refractivity contribution is -0.151. The summed E-state index contributed by atoms with van der Waals surface area (Å²) in [5.41, 5.74) is 0.500. The summed E-state index contributed by atoms with van der Waals surface area (Å²) >= 11 is 9.02. The normalized spacial score (nSPS) is 12.4. The van der Waals surface area contributed by atoms with Gasteiger partial charge >= 0.3 is 5.97 Å². The van der Waals surface area contributed by atoms with Gasteiger partial charge in [-0.1, -0.05) is 33.6 Å². The van der Waals surface area contributed by atoms with Crippen LogP contribution in [0.1, 0.15) is 18.1 Å². The minimum absolute atomic E-state index is 0.0336. The first-order chi connectivity index (χ1) is 8.06. The van der Waals surface area contributed by atoms with Gasteiger partial charge in [0.2, 0.25) is 0 Å². The van der Waals surface area contributed by atoms with Crippen LogP contribution < -0.4 is 0 Å². The summed E-state index contributed by atoms with van der Waals surface area (Å²) < 4.78 is 5.80. The van der Waals surface area contributed by atoms with E-state index in [1.54, 1.807) is 18.2 Å². The van der Waals surface area contributed by atoms with Crippen LogP contribution in [0.3, 0.4) is 0 Å². The molecule has 0 aliphatic rings. The summed E-state index contributed by atoms with van der Waals surface area (Å²) in [6, 6.07) is 4.82. The Hall–Kier alpha value is -0.620. The van der Waals surface area contributed by atoms with Crippen LogP contribution in [0.2, 0.25) is 5.02 Å². The van der Waals surface area contributed by atoms with E-state index in [0.29, 0.717) is 21.5 Å². The third-order valence-corrected chi connectivity index (χ3v) is 2.98. The van der Waals surface area contributed by atoms with Gasteiger partial charge in [-0.25, -0.2) is 4.79 Å². The summed E-state index contributed by atoms with van der Waals surface area (Å²) in [5, 5.41) is 18.2. The number of carboxylic acid groups (broad SMARTS) is 1. The predicted molar refractivity (Wildman–Crippen MR) is 67.2 cm³/mol. The van der Waals surface area contributed by atoms with Crippen LogP contribution in [0.5, 0.6) is 0 Å². The molecule has 0 heterocycles.